The molecule has 110 valence electrons. The fraction of sp³-hybridized carbons (Fsp3) is 0.188. The van der Waals surface area contributed by atoms with Crippen LogP contribution >= 0.6 is 0 Å². The van der Waals surface area contributed by atoms with E-state index in [-0.39, 0.29) is 6.61 Å². The number of amides is 1. The largest absolute Gasteiger partial charge is 0.497 e. The van der Waals surface area contributed by atoms with Gasteiger partial charge in [-0.3, -0.25) is 5.32 Å². The molecule has 1 amide bonds. The van der Waals surface area contributed by atoms with E-state index < -0.39 is 6.09 Å². The number of methoxy groups -OCH3 is 1. The predicted molar refractivity (Wildman–Crippen MR) is 81.1 cm³/mol. The lowest BCUT2D eigenvalue weighted by Crippen LogP contribution is -2.13. The van der Waals surface area contributed by atoms with Gasteiger partial charge in [0.25, 0.3) is 0 Å². The molecule has 2 aromatic carbocycles. The summed E-state index contributed by atoms with van der Waals surface area (Å²) in [7, 11) is 1.61. The van der Waals surface area contributed by atoms with Crippen molar-refractivity contribution in [3.05, 3.63) is 59.7 Å². The SMILES string of the molecule is COc1ccc(COC(=O)Nc2cccc(CN)c2)cc1. The summed E-state index contributed by atoms with van der Waals surface area (Å²) in [5, 5.41) is 2.67. The number of hydrogen-bond donors (Lipinski definition) is 2. The quantitative estimate of drug-likeness (QED) is 0.886. The molecule has 0 fully saturated rings. The highest BCUT2D eigenvalue weighted by atomic mass is 16.5. The van der Waals surface area contributed by atoms with Gasteiger partial charge in [0.1, 0.15) is 12.4 Å². The molecule has 0 atom stereocenters. The van der Waals surface area contributed by atoms with Gasteiger partial charge in [0, 0.05) is 12.2 Å². The molecule has 0 heterocycles. The van der Waals surface area contributed by atoms with E-state index in [0.29, 0.717) is 12.2 Å². The molecule has 0 saturated carbocycles. The average Bonchev–Trinajstić information content (AvgIpc) is 2.53. The first-order valence-corrected chi connectivity index (χ1v) is 6.57. The Kier molecular flexibility index (Phi) is 5.17. The van der Waals surface area contributed by atoms with Gasteiger partial charge < -0.3 is 15.2 Å². The summed E-state index contributed by atoms with van der Waals surface area (Å²) in [4.78, 5) is 11.7. The molecule has 0 aliphatic heterocycles. The minimum Gasteiger partial charge on any atom is -0.497 e. The Labute approximate surface area is 123 Å². The molecule has 5 nitrogen and oxygen atoms in total. The molecule has 0 saturated heterocycles. The van der Waals surface area contributed by atoms with Crippen molar-refractivity contribution in [3.63, 3.8) is 0 Å². The molecule has 0 unspecified atom stereocenters. The Morgan fingerprint density at radius 1 is 1.14 bits per heavy atom. The second-order valence-corrected chi connectivity index (χ2v) is 4.45. The molecule has 3 N–H and O–H groups in total. The van der Waals surface area contributed by atoms with Crippen LogP contribution in [0, 0.1) is 0 Å². The van der Waals surface area contributed by atoms with Gasteiger partial charge in [-0.05, 0) is 35.4 Å². The number of ether oxygens (including phenoxy) is 2. The summed E-state index contributed by atoms with van der Waals surface area (Å²) in [5.74, 6) is 0.766. The molecule has 5 heteroatoms. The van der Waals surface area contributed by atoms with E-state index in [9.17, 15) is 4.79 Å². The van der Waals surface area contributed by atoms with Crippen molar-refractivity contribution in [2.75, 3.05) is 12.4 Å². The van der Waals surface area contributed by atoms with Crippen LogP contribution in [0.25, 0.3) is 0 Å². The standard InChI is InChI=1S/C16H18N2O3/c1-20-15-7-5-12(6-8-15)11-21-16(19)18-14-4-2-3-13(9-14)10-17/h2-9H,10-11,17H2,1H3,(H,18,19). The second kappa shape index (κ2) is 7.31. The summed E-state index contributed by atoms with van der Waals surface area (Å²) in [5.41, 5.74) is 8.06. The maximum Gasteiger partial charge on any atom is 0.411 e. The van der Waals surface area contributed by atoms with Crippen molar-refractivity contribution < 1.29 is 14.3 Å². The van der Waals surface area contributed by atoms with Crippen LogP contribution in [-0.2, 0) is 17.9 Å². The van der Waals surface area contributed by atoms with Crippen LogP contribution < -0.4 is 15.8 Å². The topological polar surface area (TPSA) is 73.6 Å². The maximum atomic E-state index is 11.7. The number of anilines is 1. The van der Waals surface area contributed by atoms with Crippen LogP contribution in [0.15, 0.2) is 48.5 Å². The summed E-state index contributed by atoms with van der Waals surface area (Å²) >= 11 is 0. The van der Waals surface area contributed by atoms with Gasteiger partial charge in [0.05, 0.1) is 7.11 Å². The van der Waals surface area contributed by atoms with Gasteiger partial charge in [0.15, 0.2) is 0 Å². The van der Waals surface area contributed by atoms with E-state index in [1.165, 1.54) is 0 Å². The maximum absolute atomic E-state index is 11.7. The molecule has 21 heavy (non-hydrogen) atoms. The summed E-state index contributed by atoms with van der Waals surface area (Å²) < 4.78 is 10.2. The van der Waals surface area contributed by atoms with Crippen LogP contribution in [0.2, 0.25) is 0 Å². The molecular formula is C16H18N2O3. The number of benzene rings is 2. The molecule has 0 aromatic heterocycles. The lowest BCUT2D eigenvalue weighted by molar-refractivity contribution is 0.155. The molecule has 0 spiro atoms. The molecule has 0 aliphatic carbocycles. The normalized spacial score (nSPS) is 10.0. The lowest BCUT2D eigenvalue weighted by Gasteiger charge is -2.08. The summed E-state index contributed by atoms with van der Waals surface area (Å²) in [6, 6.07) is 14.7. The highest BCUT2D eigenvalue weighted by molar-refractivity contribution is 5.84. The Balaban J connectivity index is 1.86. The number of carbonyl (C=O) groups is 1. The van der Waals surface area contributed by atoms with Crippen LogP contribution in [0.5, 0.6) is 5.75 Å². The van der Waals surface area contributed by atoms with Gasteiger partial charge >= 0.3 is 6.09 Å². The van der Waals surface area contributed by atoms with Crippen molar-refractivity contribution >= 4 is 11.8 Å². The second-order valence-electron chi connectivity index (χ2n) is 4.45. The van der Waals surface area contributed by atoms with Crippen LogP contribution in [0.3, 0.4) is 0 Å². The van der Waals surface area contributed by atoms with Crippen LogP contribution in [-0.4, -0.2) is 13.2 Å². The summed E-state index contributed by atoms with van der Waals surface area (Å²) in [6.45, 7) is 0.628. The van der Waals surface area contributed by atoms with E-state index in [4.69, 9.17) is 15.2 Å². The highest BCUT2D eigenvalue weighted by Crippen LogP contribution is 2.13. The molecular weight excluding hydrogens is 268 g/mol. The van der Waals surface area contributed by atoms with E-state index in [1.54, 1.807) is 13.2 Å². The third kappa shape index (κ3) is 4.50. The first-order chi connectivity index (χ1) is 10.2. The number of nitrogens with one attached hydrogen (secondary N) is 1. The van der Waals surface area contributed by atoms with E-state index in [0.717, 1.165) is 16.9 Å². The van der Waals surface area contributed by atoms with E-state index in [1.807, 2.05) is 42.5 Å². The number of carbonyl (C=O) groups excluding carboxylic acids is 1. The Bertz CT molecular complexity index is 597. The van der Waals surface area contributed by atoms with Crippen molar-refractivity contribution in [1.82, 2.24) is 0 Å². The zero-order valence-corrected chi connectivity index (χ0v) is 11.8. The average molecular weight is 286 g/mol. The van der Waals surface area contributed by atoms with E-state index in [2.05, 4.69) is 5.32 Å². The zero-order valence-electron chi connectivity index (χ0n) is 11.8. The smallest absolute Gasteiger partial charge is 0.411 e. The van der Waals surface area contributed by atoms with Gasteiger partial charge in [-0.2, -0.15) is 0 Å². The van der Waals surface area contributed by atoms with Gasteiger partial charge in [0.2, 0.25) is 0 Å². The Hall–Kier alpha value is -2.53. The fourth-order valence-corrected chi connectivity index (χ4v) is 1.80. The number of nitrogens with two attached hydrogens (primary N) is 1. The minimum absolute atomic E-state index is 0.201. The predicted octanol–water partition coefficient (Wildman–Crippen LogP) is 2.90. The third-order valence-electron chi connectivity index (χ3n) is 2.94. The monoisotopic (exact) mass is 286 g/mol. The number of hydrogen-bond acceptors (Lipinski definition) is 4. The van der Waals surface area contributed by atoms with Crippen LogP contribution in [0.4, 0.5) is 10.5 Å². The molecule has 0 radical (unpaired) electrons. The van der Waals surface area contributed by atoms with Gasteiger partial charge in [-0.25, -0.2) is 4.79 Å². The fourth-order valence-electron chi connectivity index (χ4n) is 1.80. The van der Waals surface area contributed by atoms with Gasteiger partial charge in [-0.15, -0.1) is 0 Å². The molecule has 0 bridgehead atoms. The molecule has 2 aromatic rings. The van der Waals surface area contributed by atoms with Crippen molar-refractivity contribution in [2.24, 2.45) is 5.73 Å². The molecule has 2 rings (SSSR count). The van der Waals surface area contributed by atoms with Crippen molar-refractivity contribution in [2.45, 2.75) is 13.2 Å². The van der Waals surface area contributed by atoms with Crippen molar-refractivity contribution in [3.8, 4) is 5.75 Å². The van der Waals surface area contributed by atoms with Crippen LogP contribution in [0.1, 0.15) is 11.1 Å². The van der Waals surface area contributed by atoms with E-state index >= 15 is 0 Å². The van der Waals surface area contributed by atoms with Gasteiger partial charge in [-0.1, -0.05) is 24.3 Å². The zero-order chi connectivity index (χ0) is 15.1. The first-order valence-electron chi connectivity index (χ1n) is 6.57. The number of rotatable bonds is 5. The molecule has 0 aliphatic rings. The third-order valence-corrected chi connectivity index (χ3v) is 2.94. The minimum atomic E-state index is -0.500. The highest BCUT2D eigenvalue weighted by Gasteiger charge is 2.04. The lowest BCUT2D eigenvalue weighted by atomic mass is 10.2. The first kappa shape index (κ1) is 14.9. The van der Waals surface area contributed by atoms with Crippen molar-refractivity contribution in [1.29, 1.82) is 0 Å². The Morgan fingerprint density at radius 2 is 1.90 bits per heavy atom. The Morgan fingerprint density at radius 3 is 2.57 bits per heavy atom. The summed E-state index contributed by atoms with van der Waals surface area (Å²) in [6.07, 6.45) is -0.500.